The summed E-state index contributed by atoms with van der Waals surface area (Å²) in [6.45, 7) is 0.405. The normalized spacial score (nSPS) is 9.62. The van der Waals surface area contributed by atoms with Crippen LogP contribution in [-0.4, -0.2) is 19.7 Å². The Kier molecular flexibility index (Phi) is 3.34. The zero-order valence-electron chi connectivity index (χ0n) is 7.32. The van der Waals surface area contributed by atoms with Crippen LogP contribution in [0, 0.1) is 0 Å². The lowest BCUT2D eigenvalue weighted by Crippen LogP contribution is -1.93. The topological polar surface area (TPSA) is 43.4 Å². The van der Waals surface area contributed by atoms with Gasteiger partial charge in [0.2, 0.25) is 0 Å². The van der Waals surface area contributed by atoms with Gasteiger partial charge in [-0.2, -0.15) is 0 Å². The molecule has 68 valence electrons. The molecule has 0 aromatic heterocycles. The van der Waals surface area contributed by atoms with Gasteiger partial charge in [0.15, 0.2) is 0 Å². The Morgan fingerprint density at radius 1 is 1.15 bits per heavy atom. The van der Waals surface area contributed by atoms with E-state index in [9.17, 15) is 9.59 Å². The van der Waals surface area contributed by atoms with Crippen LogP contribution in [0.1, 0.15) is 26.3 Å². The Balaban J connectivity index is 3.06. The van der Waals surface area contributed by atoms with Crippen molar-refractivity contribution in [3.8, 4) is 0 Å². The number of aldehydes is 2. The van der Waals surface area contributed by atoms with Crippen molar-refractivity contribution in [2.75, 3.05) is 7.11 Å². The summed E-state index contributed by atoms with van der Waals surface area (Å²) in [5.41, 5.74) is 1.82. The summed E-state index contributed by atoms with van der Waals surface area (Å²) in [6, 6.07) is 4.94. The van der Waals surface area contributed by atoms with E-state index in [2.05, 4.69) is 0 Å². The van der Waals surface area contributed by atoms with Crippen molar-refractivity contribution in [1.29, 1.82) is 0 Å². The molecule has 0 aliphatic rings. The molecule has 1 aromatic rings. The fourth-order valence-corrected chi connectivity index (χ4v) is 1.13. The summed E-state index contributed by atoms with van der Waals surface area (Å²) in [7, 11) is 1.56. The van der Waals surface area contributed by atoms with Gasteiger partial charge < -0.3 is 4.74 Å². The highest BCUT2D eigenvalue weighted by Gasteiger charge is 1.99. The maximum atomic E-state index is 10.5. The highest BCUT2D eigenvalue weighted by molar-refractivity contribution is 5.82. The molecule has 0 saturated heterocycles. The predicted octanol–water partition coefficient (Wildman–Crippen LogP) is 1.46. The maximum Gasteiger partial charge on any atom is 0.150 e. The van der Waals surface area contributed by atoms with E-state index in [4.69, 9.17) is 4.74 Å². The number of ether oxygens (including phenoxy) is 1. The molecule has 0 fully saturated rings. The van der Waals surface area contributed by atoms with Crippen molar-refractivity contribution in [3.05, 3.63) is 34.9 Å². The number of rotatable bonds is 4. The molecule has 0 aliphatic carbocycles. The largest absolute Gasteiger partial charge is 0.380 e. The summed E-state index contributed by atoms with van der Waals surface area (Å²) >= 11 is 0. The van der Waals surface area contributed by atoms with E-state index in [-0.39, 0.29) is 0 Å². The quantitative estimate of drug-likeness (QED) is 0.655. The van der Waals surface area contributed by atoms with Crippen molar-refractivity contribution in [2.45, 2.75) is 6.61 Å². The van der Waals surface area contributed by atoms with E-state index in [1.165, 1.54) is 0 Å². The van der Waals surface area contributed by atoms with Gasteiger partial charge in [0, 0.05) is 18.2 Å². The lowest BCUT2D eigenvalue weighted by Gasteiger charge is -2.01. The van der Waals surface area contributed by atoms with Gasteiger partial charge in [0.1, 0.15) is 12.6 Å². The van der Waals surface area contributed by atoms with Gasteiger partial charge in [0.25, 0.3) is 0 Å². The van der Waals surface area contributed by atoms with Gasteiger partial charge in [-0.05, 0) is 23.8 Å². The summed E-state index contributed by atoms with van der Waals surface area (Å²) < 4.78 is 4.90. The third kappa shape index (κ3) is 2.49. The highest BCUT2D eigenvalue weighted by atomic mass is 16.5. The first kappa shape index (κ1) is 9.61. The standard InChI is InChI=1S/C10H10O3/c1-13-7-10-3-8(5-11)2-9(4-10)6-12/h2-6H,7H2,1H3. The molecule has 1 rings (SSSR count). The monoisotopic (exact) mass is 178 g/mol. The second-order valence-electron chi connectivity index (χ2n) is 2.68. The van der Waals surface area contributed by atoms with Crippen molar-refractivity contribution < 1.29 is 14.3 Å². The third-order valence-corrected chi connectivity index (χ3v) is 1.62. The fourth-order valence-electron chi connectivity index (χ4n) is 1.13. The van der Waals surface area contributed by atoms with Gasteiger partial charge in [-0.1, -0.05) is 0 Å². The van der Waals surface area contributed by atoms with Crippen LogP contribution in [0.25, 0.3) is 0 Å². The van der Waals surface area contributed by atoms with Crippen LogP contribution in [0.5, 0.6) is 0 Å². The molecule has 3 heteroatoms. The Labute approximate surface area is 76.3 Å². The van der Waals surface area contributed by atoms with Crippen molar-refractivity contribution in [2.24, 2.45) is 0 Å². The van der Waals surface area contributed by atoms with E-state index in [1.54, 1.807) is 25.3 Å². The van der Waals surface area contributed by atoms with E-state index in [0.29, 0.717) is 30.3 Å². The zero-order valence-corrected chi connectivity index (χ0v) is 7.32. The number of carbonyl (C=O) groups is 2. The second kappa shape index (κ2) is 4.52. The van der Waals surface area contributed by atoms with Crippen LogP contribution in [-0.2, 0) is 11.3 Å². The maximum absolute atomic E-state index is 10.5. The summed E-state index contributed by atoms with van der Waals surface area (Å²) in [6.07, 6.45) is 1.43. The molecule has 0 bridgehead atoms. The number of hydrogen-bond acceptors (Lipinski definition) is 3. The van der Waals surface area contributed by atoms with E-state index < -0.39 is 0 Å². The number of methoxy groups -OCH3 is 1. The molecule has 0 spiro atoms. The molecule has 0 saturated carbocycles. The molecule has 0 aliphatic heterocycles. The van der Waals surface area contributed by atoms with Crippen LogP contribution < -0.4 is 0 Å². The van der Waals surface area contributed by atoms with E-state index >= 15 is 0 Å². The van der Waals surface area contributed by atoms with Crippen molar-refractivity contribution in [3.63, 3.8) is 0 Å². The minimum atomic E-state index is 0.405. The molecule has 13 heavy (non-hydrogen) atoms. The minimum Gasteiger partial charge on any atom is -0.380 e. The van der Waals surface area contributed by atoms with Gasteiger partial charge in [-0.15, -0.1) is 0 Å². The van der Waals surface area contributed by atoms with Crippen LogP contribution in [0.15, 0.2) is 18.2 Å². The summed E-state index contributed by atoms with van der Waals surface area (Å²) in [5.74, 6) is 0. The molecule has 0 N–H and O–H groups in total. The lowest BCUT2D eigenvalue weighted by molar-refractivity contribution is 0.112. The number of carbonyl (C=O) groups excluding carboxylic acids is 2. The average Bonchev–Trinajstić information content (AvgIpc) is 2.17. The Hall–Kier alpha value is -1.48. The summed E-state index contributed by atoms with van der Waals surface area (Å²) in [4.78, 5) is 20.9. The SMILES string of the molecule is COCc1cc(C=O)cc(C=O)c1. The first-order valence-corrected chi connectivity index (χ1v) is 3.83. The molecule has 1 aromatic carbocycles. The van der Waals surface area contributed by atoms with E-state index in [1.807, 2.05) is 0 Å². The Morgan fingerprint density at radius 3 is 2.08 bits per heavy atom. The average molecular weight is 178 g/mol. The third-order valence-electron chi connectivity index (χ3n) is 1.62. The second-order valence-corrected chi connectivity index (χ2v) is 2.68. The van der Waals surface area contributed by atoms with Crippen LogP contribution >= 0.6 is 0 Å². The van der Waals surface area contributed by atoms with Gasteiger partial charge in [-0.25, -0.2) is 0 Å². The number of benzene rings is 1. The molecule has 0 atom stereocenters. The molecule has 3 nitrogen and oxygen atoms in total. The first-order chi connectivity index (χ1) is 6.30. The number of hydrogen-bond donors (Lipinski definition) is 0. The van der Waals surface area contributed by atoms with Gasteiger partial charge in [0.05, 0.1) is 6.61 Å². The lowest BCUT2D eigenvalue weighted by atomic mass is 10.1. The minimum absolute atomic E-state index is 0.405. The van der Waals surface area contributed by atoms with Gasteiger partial charge in [-0.3, -0.25) is 9.59 Å². The van der Waals surface area contributed by atoms with E-state index in [0.717, 1.165) is 5.56 Å². The van der Waals surface area contributed by atoms with Crippen LogP contribution in [0.2, 0.25) is 0 Å². The Bertz CT molecular complexity index is 292. The molecule has 0 amide bonds. The predicted molar refractivity (Wildman–Crippen MR) is 47.9 cm³/mol. The first-order valence-electron chi connectivity index (χ1n) is 3.83. The fraction of sp³-hybridized carbons (Fsp3) is 0.200. The summed E-state index contributed by atoms with van der Waals surface area (Å²) in [5, 5.41) is 0. The van der Waals surface area contributed by atoms with Crippen LogP contribution in [0.3, 0.4) is 0 Å². The Morgan fingerprint density at radius 2 is 1.69 bits per heavy atom. The molecule has 0 radical (unpaired) electrons. The zero-order chi connectivity index (χ0) is 9.68. The van der Waals surface area contributed by atoms with Crippen molar-refractivity contribution in [1.82, 2.24) is 0 Å². The molecule has 0 unspecified atom stereocenters. The molecular formula is C10H10O3. The molecular weight excluding hydrogens is 168 g/mol. The smallest absolute Gasteiger partial charge is 0.150 e. The highest BCUT2D eigenvalue weighted by Crippen LogP contribution is 2.08. The van der Waals surface area contributed by atoms with Crippen molar-refractivity contribution >= 4 is 12.6 Å². The molecule has 0 heterocycles. The van der Waals surface area contributed by atoms with Gasteiger partial charge >= 0.3 is 0 Å². The van der Waals surface area contributed by atoms with Crippen LogP contribution in [0.4, 0.5) is 0 Å².